The molecule has 55 heavy (non-hydrogen) atoms. The Bertz CT molecular complexity index is 2330. The van der Waals surface area contributed by atoms with Crippen molar-refractivity contribution < 1.29 is 41.2 Å². The summed E-state index contributed by atoms with van der Waals surface area (Å²) in [6, 6.07) is 11.0. The van der Waals surface area contributed by atoms with E-state index in [9.17, 15) is 32.0 Å². The van der Waals surface area contributed by atoms with Crippen molar-refractivity contribution in [1.29, 1.82) is 0 Å². The van der Waals surface area contributed by atoms with E-state index in [1.165, 1.54) is 29.4 Å². The van der Waals surface area contributed by atoms with E-state index in [1.54, 1.807) is 13.0 Å². The third-order valence-corrected chi connectivity index (χ3v) is 13.9. The maximum absolute atomic E-state index is 14.7. The number of aromatic nitrogens is 2. The van der Waals surface area contributed by atoms with Gasteiger partial charge in [0.1, 0.15) is 24.2 Å². The monoisotopic (exact) mass is 771 g/mol. The predicted molar refractivity (Wildman–Crippen MR) is 199 cm³/mol. The van der Waals surface area contributed by atoms with E-state index >= 15 is 0 Å². The zero-order valence-electron chi connectivity index (χ0n) is 30.3. The minimum atomic E-state index is -3.98. The van der Waals surface area contributed by atoms with Crippen molar-refractivity contribution in [2.75, 3.05) is 6.54 Å². The molecule has 15 heteroatoms. The normalized spacial score (nSPS) is 27.3. The molecule has 8 rings (SSSR count). The van der Waals surface area contributed by atoms with Gasteiger partial charge in [0.25, 0.3) is 5.91 Å². The van der Waals surface area contributed by atoms with Crippen LogP contribution in [0.15, 0.2) is 71.5 Å². The Morgan fingerprint density at radius 3 is 2.64 bits per heavy atom. The second-order valence-corrected chi connectivity index (χ2v) is 17.8. The van der Waals surface area contributed by atoms with Crippen molar-refractivity contribution in [2.45, 2.75) is 94.1 Å². The molecule has 2 aromatic carbocycles. The van der Waals surface area contributed by atoms with Crippen LogP contribution in [0.25, 0.3) is 21.7 Å². The standard InChI is InChI=1S/C40H42FN5O8S/c1-39(16-17-39)55(51,52)45-38(50)40-21-24(40)9-5-3-2-4-6-12-32(42-35(48)31-15-18-53-44-31)37(49)46-23-26(20-33(46)34(47)22-40)54-36-29-19-25(41)13-14-27(29)28-10-7-8-11-30(28)43-36/h5,7-11,13-15,18-19,24,26,32-33H,2-4,6,12,16-17,20-23H2,1H3,(H,42,48)(H,45,50)/b9-5-/t24-,26-,32+,33+,40-/m1/s1. The lowest BCUT2D eigenvalue weighted by molar-refractivity contribution is -0.140. The number of nitrogens with one attached hydrogen (secondary N) is 2. The van der Waals surface area contributed by atoms with E-state index < -0.39 is 67.7 Å². The van der Waals surface area contributed by atoms with Gasteiger partial charge in [-0.3, -0.25) is 23.9 Å². The Kier molecular flexibility index (Phi) is 9.46. The highest BCUT2D eigenvalue weighted by Crippen LogP contribution is 2.57. The van der Waals surface area contributed by atoms with Crippen LogP contribution in [0.5, 0.6) is 5.88 Å². The molecule has 3 amide bonds. The van der Waals surface area contributed by atoms with Gasteiger partial charge >= 0.3 is 0 Å². The fraction of sp³-hybridized carbons (Fsp3) is 0.450. The number of carbonyl (C=O) groups is 4. The summed E-state index contributed by atoms with van der Waals surface area (Å²) in [6.45, 7) is 1.53. The molecule has 0 bridgehead atoms. The topological polar surface area (TPSA) is 178 Å². The molecule has 2 aliphatic heterocycles. The molecule has 0 unspecified atom stereocenters. The van der Waals surface area contributed by atoms with Gasteiger partial charge in [0.2, 0.25) is 27.7 Å². The van der Waals surface area contributed by atoms with Crippen molar-refractivity contribution >= 4 is 55.2 Å². The molecule has 4 aliphatic rings. The molecule has 1 saturated heterocycles. The molecule has 3 fully saturated rings. The zero-order chi connectivity index (χ0) is 38.5. The first-order chi connectivity index (χ1) is 26.4. The first kappa shape index (κ1) is 36.8. The number of Topliss-reactive ketones (excluding diaryl/α,β-unsaturated/α-hetero) is 1. The number of allylic oxidation sites excluding steroid dienone is 2. The number of nitrogens with zero attached hydrogens (tertiary/aromatic N) is 3. The van der Waals surface area contributed by atoms with E-state index in [0.717, 1.165) is 18.2 Å². The van der Waals surface area contributed by atoms with Crippen molar-refractivity contribution in [3.05, 3.63) is 78.5 Å². The van der Waals surface area contributed by atoms with E-state index in [-0.39, 0.29) is 49.7 Å². The summed E-state index contributed by atoms with van der Waals surface area (Å²) in [7, 11) is -3.98. The van der Waals surface area contributed by atoms with E-state index in [2.05, 4.69) is 15.2 Å². The van der Waals surface area contributed by atoms with Gasteiger partial charge < -0.3 is 19.5 Å². The van der Waals surface area contributed by atoms with Gasteiger partial charge in [0.05, 0.1) is 28.3 Å². The lowest BCUT2D eigenvalue weighted by Crippen LogP contribution is -2.52. The Hall–Kier alpha value is -5.18. The van der Waals surface area contributed by atoms with Gasteiger partial charge in [0.15, 0.2) is 11.5 Å². The number of amides is 3. The fourth-order valence-corrected chi connectivity index (χ4v) is 9.33. The van der Waals surface area contributed by atoms with Crippen LogP contribution in [0.4, 0.5) is 4.39 Å². The second kappa shape index (κ2) is 14.2. The number of hydrogen-bond acceptors (Lipinski definition) is 10. The van der Waals surface area contributed by atoms with E-state index in [4.69, 9.17) is 14.2 Å². The molecule has 13 nitrogen and oxygen atoms in total. The summed E-state index contributed by atoms with van der Waals surface area (Å²) in [5.74, 6) is -2.98. The van der Waals surface area contributed by atoms with E-state index in [1.807, 2.05) is 36.4 Å². The lowest BCUT2D eigenvalue weighted by Gasteiger charge is -2.29. The highest BCUT2D eigenvalue weighted by molar-refractivity contribution is 7.91. The Morgan fingerprint density at radius 2 is 1.85 bits per heavy atom. The number of rotatable bonds is 7. The number of hydrogen-bond donors (Lipinski definition) is 2. The van der Waals surface area contributed by atoms with Crippen molar-refractivity contribution in [3.63, 3.8) is 0 Å². The molecule has 288 valence electrons. The van der Waals surface area contributed by atoms with Crippen LogP contribution >= 0.6 is 0 Å². The van der Waals surface area contributed by atoms with Crippen LogP contribution in [-0.2, 0) is 24.4 Å². The molecular formula is C40H42FN5O8S. The van der Waals surface area contributed by atoms with Crippen molar-refractivity contribution in [1.82, 2.24) is 25.1 Å². The molecule has 4 heterocycles. The molecule has 0 radical (unpaired) electrons. The first-order valence-corrected chi connectivity index (χ1v) is 20.3. The zero-order valence-corrected chi connectivity index (χ0v) is 31.1. The SMILES string of the molecule is CC1(S(=O)(=O)NC(=O)[C@]23CC(=O)[C@@H]4C[C@@H](Oc5nc6ccccc6c6ccc(F)cc56)CN4C(=O)[C@@H](NC(=O)c4ccon4)CCCCC/C=C\[C@@H]2C3)CC1. The molecule has 2 saturated carbocycles. The molecular weight excluding hydrogens is 730 g/mol. The number of ketones is 1. The summed E-state index contributed by atoms with van der Waals surface area (Å²) in [4.78, 5) is 62.3. The smallest absolute Gasteiger partial charge is 0.274 e. The van der Waals surface area contributed by atoms with Crippen LogP contribution in [0, 0.1) is 17.2 Å². The molecule has 0 spiro atoms. The number of para-hydroxylation sites is 1. The summed E-state index contributed by atoms with van der Waals surface area (Å²) in [6.07, 6.45) is 8.31. The van der Waals surface area contributed by atoms with E-state index in [0.29, 0.717) is 42.0 Å². The number of sulfonamides is 1. The summed E-state index contributed by atoms with van der Waals surface area (Å²) in [5.41, 5.74) is -0.704. The number of fused-ring (bicyclic) bond motifs is 5. The van der Waals surface area contributed by atoms with Crippen LogP contribution in [-0.4, -0.2) is 76.4 Å². The van der Waals surface area contributed by atoms with Crippen molar-refractivity contribution in [3.8, 4) is 5.88 Å². The predicted octanol–water partition coefficient (Wildman–Crippen LogP) is 5.15. The maximum atomic E-state index is 14.7. The Labute approximate surface area is 317 Å². The number of ether oxygens (including phenoxy) is 1. The van der Waals surface area contributed by atoms with Crippen LogP contribution < -0.4 is 14.8 Å². The van der Waals surface area contributed by atoms with Gasteiger partial charge in [-0.2, -0.15) is 0 Å². The molecule has 2 aliphatic carbocycles. The third kappa shape index (κ3) is 7.09. The average molecular weight is 772 g/mol. The maximum Gasteiger partial charge on any atom is 0.274 e. The number of carbonyl (C=O) groups excluding carboxylic acids is 4. The van der Waals surface area contributed by atoms with Gasteiger partial charge in [-0.1, -0.05) is 54.4 Å². The highest BCUT2D eigenvalue weighted by atomic mass is 32.2. The lowest BCUT2D eigenvalue weighted by atomic mass is 9.91. The third-order valence-electron chi connectivity index (χ3n) is 11.7. The molecule has 5 atom stereocenters. The summed E-state index contributed by atoms with van der Waals surface area (Å²) < 4.78 is 53.6. The second-order valence-electron chi connectivity index (χ2n) is 15.6. The van der Waals surface area contributed by atoms with Gasteiger partial charge in [-0.25, -0.2) is 17.8 Å². The van der Waals surface area contributed by atoms with Crippen LogP contribution in [0.1, 0.15) is 81.6 Å². The molecule has 4 aromatic rings. The Balaban J connectivity index is 1.13. The van der Waals surface area contributed by atoms with Crippen LogP contribution in [0.2, 0.25) is 0 Å². The fourth-order valence-electron chi connectivity index (χ4n) is 7.99. The summed E-state index contributed by atoms with van der Waals surface area (Å²) >= 11 is 0. The summed E-state index contributed by atoms with van der Waals surface area (Å²) in [5, 5.41) is 8.44. The van der Waals surface area contributed by atoms with Gasteiger partial charge in [-0.15, -0.1) is 0 Å². The quantitative estimate of drug-likeness (QED) is 0.189. The minimum absolute atomic E-state index is 0.00619. The van der Waals surface area contributed by atoms with Crippen LogP contribution in [0.3, 0.4) is 0 Å². The number of pyridine rings is 1. The van der Waals surface area contributed by atoms with Crippen molar-refractivity contribution in [2.24, 2.45) is 11.3 Å². The largest absolute Gasteiger partial charge is 0.472 e. The Morgan fingerprint density at radius 1 is 1.04 bits per heavy atom. The average Bonchev–Trinajstić information content (AvgIpc) is 3.91. The van der Waals surface area contributed by atoms with Gasteiger partial charge in [0, 0.05) is 29.7 Å². The first-order valence-electron chi connectivity index (χ1n) is 18.8. The minimum Gasteiger partial charge on any atom is -0.472 e. The molecule has 2 N–H and O–H groups in total. The highest BCUT2D eigenvalue weighted by Gasteiger charge is 2.62. The number of halogens is 1. The number of benzene rings is 2. The van der Waals surface area contributed by atoms with Gasteiger partial charge in [-0.05, 0) is 75.0 Å². The molecule has 2 aromatic heterocycles.